The Morgan fingerprint density at radius 1 is 0.868 bits per heavy atom. The number of unbranched alkanes of at least 4 members (excludes halogenated alkanes) is 12. The molecule has 0 aromatic heterocycles. The van der Waals surface area contributed by atoms with Gasteiger partial charge in [0.15, 0.2) is 6.29 Å². The first kappa shape index (κ1) is 35.0. The minimum Gasteiger partial charge on any atom is -0.394 e. The van der Waals surface area contributed by atoms with Crippen LogP contribution < -0.4 is 5.32 Å². The second-order valence-electron chi connectivity index (χ2n) is 10.6. The Bertz CT molecular complexity index is 617. The van der Waals surface area contributed by atoms with E-state index >= 15 is 0 Å². The maximum atomic E-state index is 12.3. The summed E-state index contributed by atoms with van der Waals surface area (Å²) in [5.41, 5.74) is 0. The Balaban J connectivity index is 2.45. The molecule has 1 amide bonds. The third-order valence-corrected chi connectivity index (χ3v) is 7.11. The summed E-state index contributed by atoms with van der Waals surface area (Å²) in [6.07, 6.45) is 12.3. The molecule has 1 heterocycles. The Morgan fingerprint density at radius 3 is 2.03 bits per heavy atom. The first-order valence-corrected chi connectivity index (χ1v) is 14.9. The zero-order valence-electron chi connectivity index (χ0n) is 23.7. The molecule has 6 N–H and O–H groups in total. The highest BCUT2D eigenvalue weighted by Crippen LogP contribution is 2.22. The molecule has 7 atom stereocenters. The Hall–Kier alpha value is -1.07. The number of amides is 1. The third-order valence-electron chi connectivity index (χ3n) is 7.11. The summed E-state index contributed by atoms with van der Waals surface area (Å²) in [6.45, 7) is 3.47. The molecule has 1 rings (SSSR count). The molecule has 0 aliphatic carbocycles. The van der Waals surface area contributed by atoms with Crippen LogP contribution in [0.2, 0.25) is 0 Å². The largest absolute Gasteiger partial charge is 0.394 e. The van der Waals surface area contributed by atoms with Crippen LogP contribution in [0.5, 0.6) is 0 Å². The van der Waals surface area contributed by atoms with Crippen molar-refractivity contribution in [2.24, 2.45) is 0 Å². The number of hydrogen-bond acceptors (Lipinski definition) is 8. The number of aliphatic hydroxyl groups is 5. The van der Waals surface area contributed by atoms with Gasteiger partial charge < -0.3 is 40.3 Å². The van der Waals surface area contributed by atoms with Gasteiger partial charge in [-0.3, -0.25) is 4.79 Å². The van der Waals surface area contributed by atoms with E-state index in [0.29, 0.717) is 6.42 Å². The molecular formula is C29H55NO8. The predicted molar refractivity (Wildman–Crippen MR) is 147 cm³/mol. The van der Waals surface area contributed by atoms with Crippen molar-refractivity contribution < 1.29 is 39.8 Å². The van der Waals surface area contributed by atoms with Crippen LogP contribution in [0.1, 0.15) is 110 Å². The molecule has 4 unspecified atom stereocenters. The van der Waals surface area contributed by atoms with E-state index in [1.807, 2.05) is 13.0 Å². The molecule has 0 spiro atoms. The van der Waals surface area contributed by atoms with Crippen molar-refractivity contribution in [1.82, 2.24) is 5.32 Å². The Morgan fingerprint density at radius 2 is 1.45 bits per heavy atom. The first-order chi connectivity index (χ1) is 18.3. The molecule has 0 saturated carbocycles. The van der Waals surface area contributed by atoms with Crippen molar-refractivity contribution in [3.8, 4) is 0 Å². The highest BCUT2D eigenvalue weighted by Gasteiger charge is 2.44. The van der Waals surface area contributed by atoms with Crippen molar-refractivity contribution in [3.63, 3.8) is 0 Å². The number of allylic oxidation sites excluding steroid dienone is 1. The summed E-state index contributed by atoms with van der Waals surface area (Å²) in [6, 6.07) is -0.791. The van der Waals surface area contributed by atoms with Crippen molar-refractivity contribution in [3.05, 3.63) is 12.2 Å². The van der Waals surface area contributed by atoms with E-state index in [-0.39, 0.29) is 12.5 Å². The van der Waals surface area contributed by atoms with E-state index in [4.69, 9.17) is 9.47 Å². The highest BCUT2D eigenvalue weighted by atomic mass is 16.7. The molecule has 38 heavy (non-hydrogen) atoms. The van der Waals surface area contributed by atoms with Gasteiger partial charge in [0.05, 0.1) is 25.4 Å². The maximum absolute atomic E-state index is 12.3. The van der Waals surface area contributed by atoms with E-state index in [9.17, 15) is 30.3 Å². The fraction of sp³-hybridized carbons (Fsp3) is 0.897. The lowest BCUT2D eigenvalue weighted by Gasteiger charge is -2.40. The smallest absolute Gasteiger partial charge is 0.220 e. The minimum absolute atomic E-state index is 0.190. The first-order valence-electron chi connectivity index (χ1n) is 14.9. The lowest BCUT2D eigenvalue weighted by molar-refractivity contribution is -0.302. The van der Waals surface area contributed by atoms with E-state index in [2.05, 4.69) is 12.2 Å². The maximum Gasteiger partial charge on any atom is 0.220 e. The molecule has 1 fully saturated rings. The van der Waals surface area contributed by atoms with Crippen molar-refractivity contribution in [2.45, 2.75) is 153 Å². The molecular weight excluding hydrogens is 490 g/mol. The fourth-order valence-electron chi connectivity index (χ4n) is 4.54. The molecule has 0 aromatic carbocycles. The van der Waals surface area contributed by atoms with Crippen molar-refractivity contribution in [2.75, 3.05) is 13.2 Å². The second-order valence-corrected chi connectivity index (χ2v) is 10.6. The number of carbonyl (C=O) groups excluding carboxylic acids is 1. The topological polar surface area (TPSA) is 149 Å². The van der Waals surface area contributed by atoms with Crippen LogP contribution in [0.15, 0.2) is 12.2 Å². The quantitative estimate of drug-likeness (QED) is 0.0898. The molecule has 9 nitrogen and oxygen atoms in total. The standard InChI is InChI=1S/C29H55NO8/c1-3-5-7-8-9-10-11-12-13-14-15-16-17-18-23(32)22(30-25(33)19-6-4-2)21-37-29-28(36)27(35)26(34)24(20-31)38-29/h17-18,22-24,26-29,31-32,34-36H,3-16,19-21H2,1-2H3,(H,30,33)/t22?,23?,24?,26-,27+,28?,29-/m1/s1. The average molecular weight is 546 g/mol. The summed E-state index contributed by atoms with van der Waals surface area (Å²) in [5.74, 6) is -0.216. The molecule has 0 bridgehead atoms. The van der Waals surface area contributed by atoms with Gasteiger partial charge in [-0.05, 0) is 19.3 Å². The van der Waals surface area contributed by atoms with Crippen LogP contribution in [0.3, 0.4) is 0 Å². The highest BCUT2D eigenvalue weighted by molar-refractivity contribution is 5.76. The summed E-state index contributed by atoms with van der Waals surface area (Å²) in [7, 11) is 0. The van der Waals surface area contributed by atoms with Gasteiger partial charge in [0, 0.05) is 6.42 Å². The molecule has 0 aromatic rings. The summed E-state index contributed by atoms with van der Waals surface area (Å²) in [5, 5.41) is 53.0. The number of nitrogens with one attached hydrogen (secondary N) is 1. The van der Waals surface area contributed by atoms with Crippen molar-refractivity contribution >= 4 is 5.91 Å². The van der Waals surface area contributed by atoms with Crippen LogP contribution in [0.4, 0.5) is 0 Å². The van der Waals surface area contributed by atoms with E-state index in [1.165, 1.54) is 57.8 Å². The third kappa shape index (κ3) is 14.4. The second kappa shape index (κ2) is 21.7. The summed E-state index contributed by atoms with van der Waals surface area (Å²) < 4.78 is 11.0. The summed E-state index contributed by atoms with van der Waals surface area (Å²) in [4.78, 5) is 12.3. The van der Waals surface area contributed by atoms with Crippen LogP contribution in [0, 0.1) is 0 Å². The lowest BCUT2D eigenvalue weighted by atomic mass is 9.99. The number of aliphatic hydroxyl groups excluding tert-OH is 5. The monoisotopic (exact) mass is 545 g/mol. The molecule has 1 aliphatic heterocycles. The molecule has 1 aliphatic rings. The van der Waals surface area contributed by atoms with Crippen molar-refractivity contribution in [1.29, 1.82) is 0 Å². The number of ether oxygens (including phenoxy) is 2. The number of hydrogen-bond donors (Lipinski definition) is 6. The summed E-state index contributed by atoms with van der Waals surface area (Å²) >= 11 is 0. The van der Waals surface area contributed by atoms with E-state index < -0.39 is 49.5 Å². The van der Waals surface area contributed by atoms with Gasteiger partial charge in [-0.1, -0.05) is 96.6 Å². The van der Waals surface area contributed by atoms with Gasteiger partial charge in [-0.25, -0.2) is 0 Å². The Kier molecular flexibility index (Phi) is 20.0. The molecule has 9 heteroatoms. The van der Waals surface area contributed by atoms with E-state index in [1.54, 1.807) is 6.08 Å². The van der Waals surface area contributed by atoms with Crippen LogP contribution >= 0.6 is 0 Å². The van der Waals surface area contributed by atoms with Gasteiger partial charge in [-0.15, -0.1) is 0 Å². The normalized spacial score (nSPS) is 25.5. The molecule has 1 saturated heterocycles. The SMILES string of the molecule is CCCCCCCCCCCCCC=CC(O)C(CO[C@@H]1OC(CO)[C@@H](O)[C@H](O)C1O)NC(=O)CCCC. The lowest BCUT2D eigenvalue weighted by Crippen LogP contribution is -2.60. The molecule has 0 radical (unpaired) electrons. The average Bonchev–Trinajstić information content (AvgIpc) is 2.91. The Labute approximate surface area is 229 Å². The van der Waals surface area contributed by atoms with Gasteiger partial charge in [-0.2, -0.15) is 0 Å². The minimum atomic E-state index is -1.56. The van der Waals surface area contributed by atoms with Gasteiger partial charge >= 0.3 is 0 Å². The van der Waals surface area contributed by atoms with Crippen LogP contribution in [-0.2, 0) is 14.3 Å². The van der Waals surface area contributed by atoms with Gasteiger partial charge in [0.2, 0.25) is 5.91 Å². The van der Waals surface area contributed by atoms with Crippen LogP contribution in [0.25, 0.3) is 0 Å². The molecule has 224 valence electrons. The van der Waals surface area contributed by atoms with Gasteiger partial charge in [0.1, 0.15) is 24.4 Å². The predicted octanol–water partition coefficient (Wildman–Crippen LogP) is 3.10. The number of carbonyl (C=O) groups is 1. The van der Waals surface area contributed by atoms with E-state index in [0.717, 1.165) is 32.1 Å². The fourth-order valence-corrected chi connectivity index (χ4v) is 4.54. The van der Waals surface area contributed by atoms with Gasteiger partial charge in [0.25, 0.3) is 0 Å². The zero-order valence-corrected chi connectivity index (χ0v) is 23.7. The number of rotatable bonds is 22. The zero-order chi connectivity index (χ0) is 28.2. The van der Waals surface area contributed by atoms with Crippen LogP contribution in [-0.4, -0.2) is 87.5 Å².